The van der Waals surface area contributed by atoms with E-state index < -0.39 is 0 Å². The van der Waals surface area contributed by atoms with Crippen molar-refractivity contribution < 1.29 is 5.11 Å². The van der Waals surface area contributed by atoms with Gasteiger partial charge in [-0.05, 0) is 38.8 Å². The molecule has 4 heterocycles. The van der Waals surface area contributed by atoms with Crippen LogP contribution in [-0.4, -0.2) is 67.8 Å². The Hall–Kier alpha value is -1.70. The average molecular weight is 331 g/mol. The van der Waals surface area contributed by atoms with Crippen molar-refractivity contribution in [1.29, 1.82) is 0 Å². The van der Waals surface area contributed by atoms with Crippen LogP contribution in [0, 0.1) is 0 Å². The molecule has 2 fully saturated rings. The summed E-state index contributed by atoms with van der Waals surface area (Å²) in [5.41, 5.74) is 1.45. The SMILES string of the molecule is O=c1cc(CN2CCCC2CN2CCCC2CO)nc2cc[nH]n12. The van der Waals surface area contributed by atoms with Crippen LogP contribution in [0.4, 0.5) is 0 Å². The van der Waals surface area contributed by atoms with Crippen LogP contribution in [0.2, 0.25) is 0 Å². The predicted octanol–water partition coefficient (Wildman–Crippen LogP) is 0.444. The molecule has 2 unspecified atom stereocenters. The lowest BCUT2D eigenvalue weighted by molar-refractivity contribution is 0.119. The lowest BCUT2D eigenvalue weighted by Crippen LogP contribution is -2.43. The van der Waals surface area contributed by atoms with Crippen molar-refractivity contribution in [3.05, 3.63) is 34.4 Å². The molecule has 2 aliphatic heterocycles. The summed E-state index contributed by atoms with van der Waals surface area (Å²) in [6, 6.07) is 4.27. The summed E-state index contributed by atoms with van der Waals surface area (Å²) in [4.78, 5) is 21.6. The summed E-state index contributed by atoms with van der Waals surface area (Å²) in [6.07, 6.45) is 6.38. The molecule has 0 aromatic carbocycles. The second-order valence-electron chi connectivity index (χ2n) is 6.98. The number of H-pyrrole nitrogens is 1. The van der Waals surface area contributed by atoms with Crippen LogP contribution in [0.15, 0.2) is 23.1 Å². The fourth-order valence-corrected chi connectivity index (χ4v) is 4.19. The van der Waals surface area contributed by atoms with Crippen LogP contribution < -0.4 is 5.56 Å². The maximum Gasteiger partial charge on any atom is 0.272 e. The molecule has 4 rings (SSSR count). The van der Waals surface area contributed by atoms with Gasteiger partial charge in [0.15, 0.2) is 5.65 Å². The maximum atomic E-state index is 12.1. The number of aliphatic hydroxyl groups is 1. The molecule has 0 spiro atoms. The third-order valence-electron chi connectivity index (χ3n) is 5.45. The molecule has 2 atom stereocenters. The Bertz CT molecular complexity index is 755. The van der Waals surface area contributed by atoms with Gasteiger partial charge < -0.3 is 5.11 Å². The van der Waals surface area contributed by atoms with E-state index >= 15 is 0 Å². The summed E-state index contributed by atoms with van der Waals surface area (Å²) < 4.78 is 1.46. The predicted molar refractivity (Wildman–Crippen MR) is 90.9 cm³/mol. The van der Waals surface area contributed by atoms with Gasteiger partial charge in [0.25, 0.3) is 5.56 Å². The molecular formula is C17H25N5O2. The molecule has 2 aliphatic rings. The summed E-state index contributed by atoms with van der Waals surface area (Å²) >= 11 is 0. The zero-order chi connectivity index (χ0) is 16.5. The van der Waals surface area contributed by atoms with Crippen LogP contribution in [0.5, 0.6) is 0 Å². The molecule has 0 saturated carbocycles. The quantitative estimate of drug-likeness (QED) is 0.832. The van der Waals surface area contributed by atoms with E-state index in [1.165, 1.54) is 23.8 Å². The average Bonchev–Trinajstić information content (AvgIpc) is 3.29. The standard InChI is InChI=1S/C17H25N5O2/c23-12-15-4-2-8-21(15)11-14-3-1-7-20(14)10-13-9-17(24)22-16(19-13)5-6-18-22/h5-6,9,14-15,18,23H,1-4,7-8,10-12H2. The maximum absolute atomic E-state index is 12.1. The van der Waals surface area contributed by atoms with Gasteiger partial charge in [0, 0.05) is 43.5 Å². The third kappa shape index (κ3) is 2.99. The zero-order valence-corrected chi connectivity index (χ0v) is 13.9. The lowest BCUT2D eigenvalue weighted by Gasteiger charge is -2.31. The van der Waals surface area contributed by atoms with E-state index in [1.807, 2.05) is 6.07 Å². The number of hydrogen-bond donors (Lipinski definition) is 2. The van der Waals surface area contributed by atoms with E-state index in [2.05, 4.69) is 19.9 Å². The van der Waals surface area contributed by atoms with Crippen molar-refractivity contribution in [2.24, 2.45) is 0 Å². The van der Waals surface area contributed by atoms with Gasteiger partial charge in [0.2, 0.25) is 0 Å². The number of hydrogen-bond acceptors (Lipinski definition) is 5. The minimum atomic E-state index is -0.0596. The number of aromatic nitrogens is 3. The third-order valence-corrected chi connectivity index (χ3v) is 5.45. The Morgan fingerprint density at radius 2 is 2.00 bits per heavy atom. The Labute approximate surface area is 140 Å². The Morgan fingerprint density at radius 3 is 2.83 bits per heavy atom. The molecule has 2 N–H and O–H groups in total. The highest BCUT2D eigenvalue weighted by atomic mass is 16.3. The second-order valence-corrected chi connectivity index (χ2v) is 6.98. The lowest BCUT2D eigenvalue weighted by atomic mass is 10.2. The molecule has 0 bridgehead atoms. The molecule has 24 heavy (non-hydrogen) atoms. The van der Waals surface area contributed by atoms with Crippen molar-refractivity contribution in [3.63, 3.8) is 0 Å². The van der Waals surface area contributed by atoms with E-state index in [0.29, 0.717) is 17.7 Å². The molecule has 0 aliphatic carbocycles. The Balaban J connectivity index is 1.47. The van der Waals surface area contributed by atoms with Crippen molar-refractivity contribution in [1.82, 2.24) is 24.4 Å². The molecule has 2 aromatic rings. The number of likely N-dealkylation sites (tertiary alicyclic amines) is 2. The highest BCUT2D eigenvalue weighted by Crippen LogP contribution is 2.24. The van der Waals surface area contributed by atoms with Crippen molar-refractivity contribution >= 4 is 5.65 Å². The number of rotatable bonds is 5. The smallest absolute Gasteiger partial charge is 0.272 e. The summed E-state index contributed by atoms with van der Waals surface area (Å²) in [5.74, 6) is 0. The monoisotopic (exact) mass is 331 g/mol. The fourth-order valence-electron chi connectivity index (χ4n) is 4.19. The van der Waals surface area contributed by atoms with Crippen molar-refractivity contribution in [2.45, 2.75) is 44.3 Å². The molecular weight excluding hydrogens is 306 g/mol. The van der Waals surface area contributed by atoms with E-state index in [0.717, 1.165) is 38.3 Å². The highest BCUT2D eigenvalue weighted by molar-refractivity contribution is 5.36. The van der Waals surface area contributed by atoms with Gasteiger partial charge in [-0.15, -0.1) is 0 Å². The number of fused-ring (bicyclic) bond motifs is 1. The first-order chi connectivity index (χ1) is 11.7. The van der Waals surface area contributed by atoms with Crippen LogP contribution in [-0.2, 0) is 6.54 Å². The first kappa shape index (κ1) is 15.8. The van der Waals surface area contributed by atoms with E-state index in [4.69, 9.17) is 0 Å². The van der Waals surface area contributed by atoms with Crippen LogP contribution in [0.1, 0.15) is 31.4 Å². The van der Waals surface area contributed by atoms with Crippen molar-refractivity contribution in [2.75, 3.05) is 26.2 Å². The first-order valence-electron chi connectivity index (χ1n) is 8.89. The minimum Gasteiger partial charge on any atom is -0.395 e. The van der Waals surface area contributed by atoms with Gasteiger partial charge >= 0.3 is 0 Å². The van der Waals surface area contributed by atoms with Gasteiger partial charge in [0.1, 0.15) is 0 Å². The van der Waals surface area contributed by atoms with E-state index in [-0.39, 0.29) is 12.2 Å². The molecule has 0 amide bonds. The van der Waals surface area contributed by atoms with E-state index in [9.17, 15) is 9.90 Å². The molecule has 2 saturated heterocycles. The molecule has 0 radical (unpaired) electrons. The summed E-state index contributed by atoms with van der Waals surface area (Å²) in [5, 5.41) is 12.4. The first-order valence-corrected chi connectivity index (χ1v) is 8.89. The summed E-state index contributed by atoms with van der Waals surface area (Å²) in [6.45, 7) is 4.13. The van der Waals surface area contributed by atoms with Gasteiger partial charge in [-0.3, -0.25) is 19.7 Å². The van der Waals surface area contributed by atoms with Crippen LogP contribution >= 0.6 is 0 Å². The van der Waals surface area contributed by atoms with Gasteiger partial charge in [-0.2, -0.15) is 0 Å². The van der Waals surface area contributed by atoms with Crippen LogP contribution in [0.3, 0.4) is 0 Å². The number of aliphatic hydroxyl groups excluding tert-OH is 1. The summed E-state index contributed by atoms with van der Waals surface area (Å²) in [7, 11) is 0. The molecule has 130 valence electrons. The normalized spacial score (nSPS) is 25.9. The van der Waals surface area contributed by atoms with Gasteiger partial charge in [-0.25, -0.2) is 9.50 Å². The zero-order valence-electron chi connectivity index (χ0n) is 13.9. The Kier molecular flexibility index (Phi) is 4.39. The van der Waals surface area contributed by atoms with Gasteiger partial charge in [0.05, 0.1) is 12.3 Å². The molecule has 2 aromatic heterocycles. The molecule has 7 nitrogen and oxygen atoms in total. The van der Waals surface area contributed by atoms with E-state index in [1.54, 1.807) is 12.3 Å². The molecule has 7 heteroatoms. The Morgan fingerprint density at radius 1 is 1.21 bits per heavy atom. The highest BCUT2D eigenvalue weighted by Gasteiger charge is 2.31. The largest absolute Gasteiger partial charge is 0.395 e. The number of aromatic amines is 1. The number of nitrogens with one attached hydrogen (secondary N) is 1. The minimum absolute atomic E-state index is 0.0596. The van der Waals surface area contributed by atoms with Crippen LogP contribution in [0.25, 0.3) is 5.65 Å². The second kappa shape index (κ2) is 6.66. The van der Waals surface area contributed by atoms with Crippen molar-refractivity contribution in [3.8, 4) is 0 Å². The fraction of sp³-hybridized carbons (Fsp3) is 0.647. The topological polar surface area (TPSA) is 76.9 Å². The van der Waals surface area contributed by atoms with Gasteiger partial charge in [-0.1, -0.05) is 0 Å². The number of nitrogens with zero attached hydrogens (tertiary/aromatic N) is 4.